The zero-order valence-electron chi connectivity index (χ0n) is 24.7. The lowest BCUT2D eigenvalue weighted by Crippen LogP contribution is -2.53. The average molecular weight is 628 g/mol. The van der Waals surface area contributed by atoms with Crippen molar-refractivity contribution in [3.8, 4) is 11.5 Å². The van der Waals surface area contributed by atoms with Crippen LogP contribution in [-0.2, 0) is 26.2 Å². The van der Waals surface area contributed by atoms with Crippen LogP contribution in [0.25, 0.3) is 0 Å². The second kappa shape index (κ2) is 14.6. The third-order valence-corrected chi connectivity index (χ3v) is 9.64. The molecule has 1 aliphatic rings. The molecule has 11 heteroatoms. The van der Waals surface area contributed by atoms with Crippen molar-refractivity contribution in [3.63, 3.8) is 0 Å². The van der Waals surface area contributed by atoms with Crippen molar-refractivity contribution in [2.75, 3.05) is 25.1 Å². The molecule has 1 atom stereocenters. The molecule has 1 N–H and O–H groups in total. The van der Waals surface area contributed by atoms with Crippen LogP contribution in [-0.4, -0.2) is 58.0 Å². The van der Waals surface area contributed by atoms with Crippen LogP contribution in [0.5, 0.6) is 11.5 Å². The van der Waals surface area contributed by atoms with Crippen LogP contribution in [0.3, 0.4) is 0 Å². The van der Waals surface area contributed by atoms with E-state index in [0.29, 0.717) is 17.2 Å². The standard InChI is InChI=1S/C32H38ClN3O6S/c1-4-28(32(38)34-25-10-8-9-11-25)35(21-23-14-16-24(33)17-15-23)31(37)22-36(43(39,40)27-12-6-5-7-13-27)29-20-26(41-2)18-19-30(29)42-3/h5-7,12-20,25,28H,4,8-11,21-22H2,1-3H3,(H,34,38)/t28-/m1/s1. The van der Waals surface area contributed by atoms with Crippen molar-refractivity contribution in [1.29, 1.82) is 0 Å². The van der Waals surface area contributed by atoms with Gasteiger partial charge in [-0.2, -0.15) is 0 Å². The van der Waals surface area contributed by atoms with Crippen molar-refractivity contribution in [2.45, 2.75) is 62.6 Å². The fourth-order valence-corrected chi connectivity index (χ4v) is 6.86. The number of carbonyl (C=O) groups excluding carboxylic acids is 2. The van der Waals surface area contributed by atoms with Crippen molar-refractivity contribution >= 4 is 39.1 Å². The number of hydrogen-bond acceptors (Lipinski definition) is 6. The van der Waals surface area contributed by atoms with Gasteiger partial charge in [-0.05, 0) is 61.2 Å². The van der Waals surface area contributed by atoms with Gasteiger partial charge in [0, 0.05) is 23.7 Å². The van der Waals surface area contributed by atoms with E-state index in [2.05, 4.69) is 5.32 Å². The van der Waals surface area contributed by atoms with E-state index in [-0.39, 0.29) is 34.8 Å². The molecule has 0 bridgehead atoms. The van der Waals surface area contributed by atoms with Gasteiger partial charge in [-0.25, -0.2) is 8.42 Å². The molecule has 0 heterocycles. The van der Waals surface area contributed by atoms with Gasteiger partial charge >= 0.3 is 0 Å². The summed E-state index contributed by atoms with van der Waals surface area (Å²) in [6.45, 7) is 1.34. The summed E-state index contributed by atoms with van der Waals surface area (Å²) in [5, 5.41) is 3.65. The maximum absolute atomic E-state index is 14.3. The van der Waals surface area contributed by atoms with E-state index < -0.39 is 28.5 Å². The van der Waals surface area contributed by atoms with E-state index in [0.717, 1.165) is 35.6 Å². The first-order chi connectivity index (χ1) is 20.7. The molecule has 1 saturated carbocycles. The molecule has 9 nitrogen and oxygen atoms in total. The minimum Gasteiger partial charge on any atom is -0.497 e. The zero-order chi connectivity index (χ0) is 31.0. The van der Waals surface area contributed by atoms with Gasteiger partial charge in [0.1, 0.15) is 24.1 Å². The van der Waals surface area contributed by atoms with Crippen molar-refractivity contribution in [1.82, 2.24) is 10.2 Å². The summed E-state index contributed by atoms with van der Waals surface area (Å²) < 4.78 is 40.2. The van der Waals surface area contributed by atoms with Crippen LogP contribution in [0.1, 0.15) is 44.6 Å². The number of nitrogens with one attached hydrogen (secondary N) is 1. The van der Waals surface area contributed by atoms with E-state index in [1.165, 1.54) is 37.3 Å². The number of ether oxygens (including phenoxy) is 2. The number of benzene rings is 3. The maximum Gasteiger partial charge on any atom is 0.264 e. The van der Waals surface area contributed by atoms with Crippen LogP contribution in [0, 0.1) is 0 Å². The minimum absolute atomic E-state index is 0.00272. The molecule has 0 aromatic heterocycles. The number of halogens is 1. The first kappa shape index (κ1) is 32.2. The molecule has 0 aliphatic heterocycles. The molecule has 2 amide bonds. The summed E-state index contributed by atoms with van der Waals surface area (Å²) >= 11 is 6.10. The minimum atomic E-state index is -4.26. The number of sulfonamides is 1. The van der Waals surface area contributed by atoms with Gasteiger partial charge in [0.25, 0.3) is 10.0 Å². The van der Waals surface area contributed by atoms with Crippen molar-refractivity contribution in [2.24, 2.45) is 0 Å². The molecule has 3 aromatic carbocycles. The fourth-order valence-electron chi connectivity index (χ4n) is 5.30. The number of hydrogen-bond donors (Lipinski definition) is 1. The third kappa shape index (κ3) is 7.80. The SMILES string of the molecule is CC[C@H](C(=O)NC1CCCC1)N(Cc1ccc(Cl)cc1)C(=O)CN(c1cc(OC)ccc1OC)S(=O)(=O)c1ccccc1. The molecule has 230 valence electrons. The Hall–Kier alpha value is -3.76. The van der Waals surface area contributed by atoms with Crippen LogP contribution in [0.2, 0.25) is 5.02 Å². The Kier molecular flexibility index (Phi) is 10.9. The second-order valence-electron chi connectivity index (χ2n) is 10.4. The Morgan fingerprint density at radius 3 is 2.26 bits per heavy atom. The first-order valence-corrected chi connectivity index (χ1v) is 16.1. The molecule has 0 saturated heterocycles. The largest absolute Gasteiger partial charge is 0.497 e. The predicted molar refractivity (Wildman–Crippen MR) is 167 cm³/mol. The van der Waals surface area contributed by atoms with Crippen LogP contribution in [0.4, 0.5) is 5.69 Å². The van der Waals surface area contributed by atoms with Gasteiger partial charge < -0.3 is 19.7 Å². The smallest absolute Gasteiger partial charge is 0.264 e. The molecule has 0 radical (unpaired) electrons. The van der Waals surface area contributed by atoms with Crippen molar-refractivity contribution < 1.29 is 27.5 Å². The lowest BCUT2D eigenvalue weighted by molar-refractivity contribution is -0.140. The van der Waals surface area contributed by atoms with Gasteiger partial charge in [0.15, 0.2) is 0 Å². The average Bonchev–Trinajstić information content (AvgIpc) is 3.53. The number of amides is 2. The molecule has 0 unspecified atom stereocenters. The van der Waals surface area contributed by atoms with E-state index in [1.807, 2.05) is 6.92 Å². The molecule has 0 spiro atoms. The molecular weight excluding hydrogens is 590 g/mol. The molecule has 3 aromatic rings. The molecule has 43 heavy (non-hydrogen) atoms. The molecule has 1 fully saturated rings. The summed E-state index contributed by atoms with van der Waals surface area (Å²) in [5.74, 6) is -0.179. The Balaban J connectivity index is 1.77. The summed E-state index contributed by atoms with van der Waals surface area (Å²) in [6.07, 6.45) is 4.22. The number of anilines is 1. The highest BCUT2D eigenvalue weighted by Gasteiger charge is 2.35. The molecule has 4 rings (SSSR count). The maximum atomic E-state index is 14.3. The van der Waals surface area contributed by atoms with Crippen LogP contribution in [0.15, 0.2) is 77.7 Å². The number of nitrogens with zero attached hydrogens (tertiary/aromatic N) is 2. The Morgan fingerprint density at radius 2 is 1.65 bits per heavy atom. The summed E-state index contributed by atoms with van der Waals surface area (Å²) in [5.41, 5.74) is 0.884. The third-order valence-electron chi connectivity index (χ3n) is 7.62. The quantitative estimate of drug-likeness (QED) is 0.271. The number of methoxy groups -OCH3 is 2. The van der Waals surface area contributed by atoms with E-state index in [4.69, 9.17) is 21.1 Å². The van der Waals surface area contributed by atoms with Gasteiger partial charge in [-0.3, -0.25) is 13.9 Å². The van der Waals surface area contributed by atoms with Crippen LogP contribution >= 0.6 is 11.6 Å². The zero-order valence-corrected chi connectivity index (χ0v) is 26.2. The Labute approximate surface area is 258 Å². The monoisotopic (exact) mass is 627 g/mol. The van der Waals surface area contributed by atoms with Gasteiger partial charge in [-0.1, -0.05) is 61.7 Å². The molecular formula is C32H38ClN3O6S. The Morgan fingerprint density at radius 1 is 0.977 bits per heavy atom. The number of rotatable bonds is 13. The summed E-state index contributed by atoms with van der Waals surface area (Å²) in [7, 11) is -1.37. The highest BCUT2D eigenvalue weighted by Crippen LogP contribution is 2.36. The first-order valence-electron chi connectivity index (χ1n) is 14.3. The second-order valence-corrected chi connectivity index (χ2v) is 12.7. The molecule has 1 aliphatic carbocycles. The fraction of sp³-hybridized carbons (Fsp3) is 0.375. The van der Waals surface area contributed by atoms with E-state index in [9.17, 15) is 18.0 Å². The van der Waals surface area contributed by atoms with Gasteiger partial charge in [0.05, 0.1) is 24.8 Å². The van der Waals surface area contributed by atoms with Gasteiger partial charge in [-0.15, -0.1) is 0 Å². The summed E-state index contributed by atoms with van der Waals surface area (Å²) in [6, 6.07) is 18.9. The van der Waals surface area contributed by atoms with Crippen molar-refractivity contribution in [3.05, 3.63) is 83.4 Å². The van der Waals surface area contributed by atoms with Gasteiger partial charge in [0.2, 0.25) is 11.8 Å². The van der Waals surface area contributed by atoms with E-state index in [1.54, 1.807) is 54.6 Å². The topological polar surface area (TPSA) is 105 Å². The lowest BCUT2D eigenvalue weighted by Gasteiger charge is -2.34. The lowest BCUT2D eigenvalue weighted by atomic mass is 10.1. The Bertz CT molecular complexity index is 1500. The normalized spacial score (nSPS) is 14.1. The number of carbonyl (C=O) groups is 2. The predicted octanol–water partition coefficient (Wildman–Crippen LogP) is 5.42. The van der Waals surface area contributed by atoms with E-state index >= 15 is 0 Å². The highest BCUT2D eigenvalue weighted by molar-refractivity contribution is 7.92. The van der Waals surface area contributed by atoms with Crippen LogP contribution < -0.4 is 19.1 Å². The summed E-state index contributed by atoms with van der Waals surface area (Å²) in [4.78, 5) is 29.4. The highest BCUT2D eigenvalue weighted by atomic mass is 35.5.